The number of ketones is 1. The molecule has 0 spiro atoms. The molecule has 1 aliphatic carbocycles. The SMILES string of the molecule is C=C(C)C(=O)COC1CCc2c(-c3ccc(-c4cccc(OC(=O)C(=C)C)c4)cc3F)ccc(OC(=O)C(=C)C)c21. The normalized spacial score (nSPS) is 13.7. The van der Waals surface area contributed by atoms with Crippen molar-refractivity contribution < 1.29 is 33.0 Å². The van der Waals surface area contributed by atoms with Crippen molar-refractivity contribution in [3.8, 4) is 33.8 Å². The minimum Gasteiger partial charge on any atom is -0.423 e. The van der Waals surface area contributed by atoms with Crippen molar-refractivity contribution in [1.82, 2.24) is 0 Å². The second-order valence-corrected chi connectivity index (χ2v) is 10.1. The number of hydrogen-bond acceptors (Lipinski definition) is 6. The number of hydrogen-bond donors (Lipinski definition) is 0. The smallest absolute Gasteiger partial charge is 0.338 e. The molecule has 0 fully saturated rings. The molecule has 1 unspecified atom stereocenters. The number of carbonyl (C=O) groups excluding carboxylic acids is 3. The fourth-order valence-electron chi connectivity index (χ4n) is 4.53. The molecule has 0 aromatic heterocycles. The van der Waals surface area contributed by atoms with Gasteiger partial charge in [0.05, 0.1) is 6.10 Å². The molecule has 6 nitrogen and oxygen atoms in total. The van der Waals surface area contributed by atoms with Gasteiger partial charge in [-0.2, -0.15) is 0 Å². The molecule has 0 radical (unpaired) electrons. The van der Waals surface area contributed by atoms with Gasteiger partial charge >= 0.3 is 11.9 Å². The van der Waals surface area contributed by atoms with Crippen molar-refractivity contribution in [1.29, 1.82) is 0 Å². The van der Waals surface area contributed by atoms with Gasteiger partial charge in [0.15, 0.2) is 5.78 Å². The van der Waals surface area contributed by atoms with Crippen LogP contribution in [0.5, 0.6) is 11.5 Å². The lowest BCUT2D eigenvalue weighted by Crippen LogP contribution is -2.14. The second-order valence-electron chi connectivity index (χ2n) is 10.1. The highest BCUT2D eigenvalue weighted by atomic mass is 19.1. The van der Waals surface area contributed by atoms with Gasteiger partial charge < -0.3 is 14.2 Å². The molecule has 0 heterocycles. The molecular formula is C34H31FO6. The van der Waals surface area contributed by atoms with Gasteiger partial charge in [-0.15, -0.1) is 0 Å². The van der Waals surface area contributed by atoms with Crippen LogP contribution >= 0.6 is 0 Å². The highest BCUT2D eigenvalue weighted by molar-refractivity contribution is 5.95. The lowest BCUT2D eigenvalue weighted by molar-refractivity contribution is -0.131. The number of rotatable bonds is 10. The van der Waals surface area contributed by atoms with Crippen molar-refractivity contribution in [2.45, 2.75) is 39.7 Å². The summed E-state index contributed by atoms with van der Waals surface area (Å²) in [5.41, 5.74) is 4.56. The largest absolute Gasteiger partial charge is 0.423 e. The first-order chi connectivity index (χ1) is 19.5. The Bertz CT molecular complexity index is 1600. The van der Waals surface area contributed by atoms with Crippen LogP contribution in [0.3, 0.4) is 0 Å². The van der Waals surface area contributed by atoms with E-state index in [2.05, 4.69) is 19.7 Å². The Morgan fingerprint density at radius 3 is 2.15 bits per heavy atom. The second kappa shape index (κ2) is 12.3. The van der Waals surface area contributed by atoms with E-state index >= 15 is 4.39 Å². The van der Waals surface area contributed by atoms with E-state index in [1.807, 2.05) is 0 Å². The van der Waals surface area contributed by atoms with Crippen LogP contribution < -0.4 is 9.47 Å². The molecule has 0 amide bonds. The summed E-state index contributed by atoms with van der Waals surface area (Å²) < 4.78 is 32.5. The minimum absolute atomic E-state index is 0.165. The molecule has 1 aliphatic rings. The molecule has 0 aliphatic heterocycles. The fourth-order valence-corrected chi connectivity index (χ4v) is 4.53. The van der Waals surface area contributed by atoms with Crippen LogP contribution in [-0.2, 0) is 25.5 Å². The van der Waals surface area contributed by atoms with E-state index < -0.39 is 23.9 Å². The summed E-state index contributed by atoms with van der Waals surface area (Å²) >= 11 is 0. The summed E-state index contributed by atoms with van der Waals surface area (Å²) in [6, 6.07) is 15.0. The standard InChI is InChI=1S/C34H31FO6/c1-19(2)29(36)18-39-30-14-13-27-25(12-15-31(32(27)30)41-34(38)21(5)6)26-11-10-23(17-28(26)35)22-8-7-9-24(16-22)40-33(37)20(3)4/h7-12,15-17,30H,1,3,5,13-14,18H2,2,4,6H3. The average molecular weight is 555 g/mol. The molecule has 0 N–H and O–H groups in total. The number of ether oxygens (including phenoxy) is 3. The van der Waals surface area contributed by atoms with E-state index in [1.54, 1.807) is 69.3 Å². The predicted molar refractivity (Wildman–Crippen MR) is 155 cm³/mol. The van der Waals surface area contributed by atoms with Crippen LogP contribution in [0.2, 0.25) is 0 Å². The molecule has 7 heteroatoms. The lowest BCUT2D eigenvalue weighted by Gasteiger charge is -2.19. The average Bonchev–Trinajstić information content (AvgIpc) is 3.36. The number of Topliss-reactive ketones (excluding diaryl/α,β-unsaturated/α-hetero) is 1. The summed E-state index contributed by atoms with van der Waals surface area (Å²) in [6.45, 7) is 15.4. The summed E-state index contributed by atoms with van der Waals surface area (Å²) in [4.78, 5) is 36.4. The number of fused-ring (bicyclic) bond motifs is 1. The van der Waals surface area contributed by atoms with Crippen molar-refractivity contribution in [2.24, 2.45) is 0 Å². The maximum atomic E-state index is 15.7. The van der Waals surface area contributed by atoms with E-state index in [9.17, 15) is 14.4 Å². The van der Waals surface area contributed by atoms with Gasteiger partial charge in [0, 0.05) is 22.3 Å². The van der Waals surface area contributed by atoms with E-state index in [4.69, 9.17) is 14.2 Å². The number of carbonyl (C=O) groups is 3. The van der Waals surface area contributed by atoms with Crippen LogP contribution in [0.15, 0.2) is 91.1 Å². The minimum atomic E-state index is -0.588. The van der Waals surface area contributed by atoms with Crippen LogP contribution in [0, 0.1) is 5.82 Å². The molecule has 3 aromatic carbocycles. The van der Waals surface area contributed by atoms with Crippen LogP contribution in [0.1, 0.15) is 44.4 Å². The van der Waals surface area contributed by atoms with Crippen LogP contribution in [-0.4, -0.2) is 24.3 Å². The third-order valence-corrected chi connectivity index (χ3v) is 6.72. The quantitative estimate of drug-likeness (QED) is 0.149. The highest BCUT2D eigenvalue weighted by Gasteiger charge is 2.32. The molecule has 41 heavy (non-hydrogen) atoms. The van der Waals surface area contributed by atoms with Gasteiger partial charge in [0.2, 0.25) is 0 Å². The third kappa shape index (κ3) is 6.58. The van der Waals surface area contributed by atoms with Crippen molar-refractivity contribution in [2.75, 3.05) is 6.61 Å². The number of halogens is 1. The molecule has 4 rings (SSSR count). The molecule has 210 valence electrons. The zero-order valence-electron chi connectivity index (χ0n) is 23.3. The summed E-state index contributed by atoms with van der Waals surface area (Å²) in [6.07, 6.45) is 0.544. The zero-order chi connectivity index (χ0) is 29.8. The monoisotopic (exact) mass is 554 g/mol. The first-order valence-electron chi connectivity index (χ1n) is 13.1. The van der Waals surface area contributed by atoms with Crippen LogP contribution in [0.4, 0.5) is 4.39 Å². The molecule has 3 aromatic rings. The van der Waals surface area contributed by atoms with Gasteiger partial charge in [0.25, 0.3) is 0 Å². The Balaban J connectivity index is 1.70. The van der Waals surface area contributed by atoms with Crippen molar-refractivity contribution >= 4 is 17.7 Å². The Kier molecular flexibility index (Phi) is 8.79. The van der Waals surface area contributed by atoms with Gasteiger partial charge in [-0.3, -0.25) is 4.79 Å². The van der Waals surface area contributed by atoms with Crippen LogP contribution in [0.25, 0.3) is 22.3 Å². The Hall–Kier alpha value is -4.62. The van der Waals surface area contributed by atoms with E-state index in [0.29, 0.717) is 57.7 Å². The molecule has 0 saturated carbocycles. The van der Waals surface area contributed by atoms with E-state index in [-0.39, 0.29) is 23.5 Å². The number of benzene rings is 3. The molecule has 0 saturated heterocycles. The fraction of sp³-hybridized carbons (Fsp3) is 0.206. The highest BCUT2D eigenvalue weighted by Crippen LogP contribution is 2.46. The topological polar surface area (TPSA) is 78.9 Å². The predicted octanol–water partition coefficient (Wildman–Crippen LogP) is 7.27. The lowest BCUT2D eigenvalue weighted by atomic mass is 9.93. The van der Waals surface area contributed by atoms with Crippen molar-refractivity contribution in [3.05, 3.63) is 108 Å². The summed E-state index contributed by atoms with van der Waals surface area (Å²) in [7, 11) is 0. The maximum absolute atomic E-state index is 15.7. The van der Waals surface area contributed by atoms with Gasteiger partial charge in [0.1, 0.15) is 23.9 Å². The maximum Gasteiger partial charge on any atom is 0.338 e. The van der Waals surface area contributed by atoms with Gasteiger partial charge in [-0.05, 0) is 85.7 Å². The molecule has 1 atom stereocenters. The van der Waals surface area contributed by atoms with Gasteiger partial charge in [-0.1, -0.05) is 50.1 Å². The zero-order valence-corrected chi connectivity index (χ0v) is 23.3. The first-order valence-corrected chi connectivity index (χ1v) is 13.1. The molecular weight excluding hydrogens is 523 g/mol. The van der Waals surface area contributed by atoms with E-state index in [0.717, 1.165) is 5.56 Å². The Labute approximate surface area is 238 Å². The Morgan fingerprint density at radius 2 is 1.49 bits per heavy atom. The number of esters is 2. The summed E-state index contributed by atoms with van der Waals surface area (Å²) in [5, 5.41) is 0. The van der Waals surface area contributed by atoms with Gasteiger partial charge in [-0.25, -0.2) is 14.0 Å². The third-order valence-electron chi connectivity index (χ3n) is 6.72. The van der Waals surface area contributed by atoms with Crippen molar-refractivity contribution in [3.63, 3.8) is 0 Å². The summed E-state index contributed by atoms with van der Waals surface area (Å²) in [5.74, 6) is -1.19. The molecule has 0 bridgehead atoms. The van der Waals surface area contributed by atoms with E-state index in [1.165, 1.54) is 6.07 Å². The Morgan fingerprint density at radius 1 is 0.829 bits per heavy atom. The first kappa shape index (κ1) is 29.4.